The van der Waals surface area contributed by atoms with Crippen LogP contribution in [-0.4, -0.2) is 26.0 Å². The van der Waals surface area contributed by atoms with Gasteiger partial charge in [0.05, 0.1) is 5.56 Å². The van der Waals surface area contributed by atoms with E-state index >= 15 is 0 Å². The summed E-state index contributed by atoms with van der Waals surface area (Å²) < 4.78 is 5.60. The molecule has 0 amide bonds. The highest BCUT2D eigenvalue weighted by atomic mass is 16.5. The van der Waals surface area contributed by atoms with Crippen molar-refractivity contribution in [1.29, 1.82) is 0 Å². The maximum Gasteiger partial charge on any atom is 0.338 e. The maximum atomic E-state index is 10.8. The number of aromatic carboxylic acids is 1. The molecule has 0 aliphatic heterocycles. The van der Waals surface area contributed by atoms with Gasteiger partial charge in [-0.25, -0.2) is 19.7 Å². The smallest absolute Gasteiger partial charge is 0.338 e. The normalized spacial score (nSPS) is 10.5. The number of pyridine rings is 1. The molecule has 2 aromatic heterocycles. The molecule has 0 fully saturated rings. The Morgan fingerprint density at radius 3 is 2.62 bits per heavy atom. The van der Waals surface area contributed by atoms with Crippen molar-refractivity contribution in [3.8, 4) is 11.8 Å². The highest BCUT2D eigenvalue weighted by Gasteiger charge is 2.09. The lowest BCUT2D eigenvalue weighted by Gasteiger charge is -2.07. The fourth-order valence-corrected chi connectivity index (χ4v) is 1.88. The van der Waals surface area contributed by atoms with Crippen molar-refractivity contribution in [3.05, 3.63) is 54.0 Å². The van der Waals surface area contributed by atoms with E-state index < -0.39 is 5.97 Å². The van der Waals surface area contributed by atoms with E-state index in [-0.39, 0.29) is 11.6 Å². The summed E-state index contributed by atoms with van der Waals surface area (Å²) in [6.07, 6.45) is 2.41. The van der Waals surface area contributed by atoms with Gasteiger partial charge in [0.1, 0.15) is 5.52 Å². The summed E-state index contributed by atoms with van der Waals surface area (Å²) >= 11 is 0. The molecule has 0 saturated heterocycles. The molecule has 6 nitrogen and oxygen atoms in total. The Morgan fingerprint density at radius 1 is 1.14 bits per heavy atom. The molecule has 0 aliphatic carbocycles. The van der Waals surface area contributed by atoms with Gasteiger partial charge in [-0.1, -0.05) is 18.2 Å². The molecule has 0 aliphatic rings. The molecule has 21 heavy (non-hydrogen) atoms. The first kappa shape index (κ1) is 13.0. The Labute approximate surface area is 120 Å². The molecule has 0 radical (unpaired) electrons. The Hall–Kier alpha value is -3.02. The highest BCUT2D eigenvalue weighted by molar-refractivity contribution is 5.87. The summed E-state index contributed by atoms with van der Waals surface area (Å²) in [6, 6.07) is 9.51. The third-order valence-corrected chi connectivity index (χ3v) is 2.90. The first-order chi connectivity index (χ1) is 10.1. The maximum absolute atomic E-state index is 10.8. The van der Waals surface area contributed by atoms with Crippen LogP contribution < -0.4 is 4.74 Å². The Kier molecular flexibility index (Phi) is 3.19. The Morgan fingerprint density at radius 2 is 1.90 bits per heavy atom. The monoisotopic (exact) mass is 281 g/mol. The molecular formula is C15H11N3O3. The van der Waals surface area contributed by atoms with Crippen molar-refractivity contribution in [1.82, 2.24) is 15.0 Å². The molecule has 0 unspecified atom stereocenters. The van der Waals surface area contributed by atoms with Gasteiger partial charge in [-0.05, 0) is 19.1 Å². The second-order valence-corrected chi connectivity index (χ2v) is 4.44. The van der Waals surface area contributed by atoms with Gasteiger partial charge >= 0.3 is 12.0 Å². The van der Waals surface area contributed by atoms with Gasteiger partial charge in [-0.3, -0.25) is 0 Å². The molecule has 0 bridgehead atoms. The fraction of sp³-hybridized carbons (Fsp3) is 0.0667. The predicted octanol–water partition coefficient (Wildman–Crippen LogP) is 2.82. The number of aromatic nitrogens is 3. The van der Waals surface area contributed by atoms with Crippen LogP contribution in [0.3, 0.4) is 0 Å². The lowest BCUT2D eigenvalue weighted by Crippen LogP contribution is -2.00. The van der Waals surface area contributed by atoms with Crippen molar-refractivity contribution < 1.29 is 14.6 Å². The third-order valence-electron chi connectivity index (χ3n) is 2.90. The summed E-state index contributed by atoms with van der Waals surface area (Å²) in [6.45, 7) is 1.90. The molecule has 3 rings (SSSR count). The van der Waals surface area contributed by atoms with Crippen LogP contribution in [0.1, 0.15) is 16.1 Å². The number of nitrogens with zero attached hydrogens (tertiary/aromatic N) is 3. The number of hydrogen-bond donors (Lipinski definition) is 1. The molecule has 0 spiro atoms. The molecule has 6 heteroatoms. The second kappa shape index (κ2) is 5.16. The van der Waals surface area contributed by atoms with Gasteiger partial charge in [0, 0.05) is 23.5 Å². The summed E-state index contributed by atoms with van der Waals surface area (Å²) in [4.78, 5) is 23.0. The lowest BCUT2D eigenvalue weighted by molar-refractivity contribution is 0.0696. The first-order valence-electron chi connectivity index (χ1n) is 6.23. The van der Waals surface area contributed by atoms with E-state index in [1.165, 1.54) is 12.4 Å². The van der Waals surface area contributed by atoms with Crippen LogP contribution >= 0.6 is 0 Å². The summed E-state index contributed by atoms with van der Waals surface area (Å²) in [5, 5.41) is 9.75. The van der Waals surface area contributed by atoms with E-state index in [1.54, 1.807) is 6.07 Å². The fourth-order valence-electron chi connectivity index (χ4n) is 1.88. The van der Waals surface area contributed by atoms with Gasteiger partial charge in [0.25, 0.3) is 0 Å². The van der Waals surface area contributed by atoms with Crippen LogP contribution in [0.15, 0.2) is 42.7 Å². The Bertz CT molecular complexity index is 816. The van der Waals surface area contributed by atoms with Crippen LogP contribution in [0.4, 0.5) is 0 Å². The van der Waals surface area contributed by atoms with Crippen molar-refractivity contribution in [2.45, 2.75) is 6.92 Å². The average molecular weight is 281 g/mol. The number of fused-ring (bicyclic) bond motifs is 1. The lowest BCUT2D eigenvalue weighted by atomic mass is 10.2. The SMILES string of the molecule is Cc1ccc2cccc(Oc3ncc(C(=O)O)cn3)c2n1. The van der Waals surface area contributed by atoms with E-state index in [2.05, 4.69) is 15.0 Å². The average Bonchev–Trinajstić information content (AvgIpc) is 2.48. The predicted molar refractivity (Wildman–Crippen MR) is 75.5 cm³/mol. The number of carboxylic acid groups (broad SMARTS) is 1. The molecule has 104 valence electrons. The first-order valence-corrected chi connectivity index (χ1v) is 6.23. The minimum absolute atomic E-state index is 0.00855. The topological polar surface area (TPSA) is 85.2 Å². The number of carboxylic acids is 1. The van der Waals surface area contributed by atoms with Crippen molar-refractivity contribution in [3.63, 3.8) is 0 Å². The number of benzene rings is 1. The van der Waals surface area contributed by atoms with Crippen molar-refractivity contribution in [2.24, 2.45) is 0 Å². The van der Waals surface area contributed by atoms with Crippen LogP contribution in [-0.2, 0) is 0 Å². The molecule has 2 heterocycles. The van der Waals surface area contributed by atoms with Gasteiger partial charge < -0.3 is 9.84 Å². The van der Waals surface area contributed by atoms with Crippen molar-refractivity contribution >= 4 is 16.9 Å². The second-order valence-electron chi connectivity index (χ2n) is 4.44. The zero-order valence-electron chi connectivity index (χ0n) is 11.1. The number of hydrogen-bond acceptors (Lipinski definition) is 5. The van der Waals surface area contributed by atoms with Crippen LogP contribution in [0.25, 0.3) is 10.9 Å². The largest absolute Gasteiger partial charge is 0.478 e. The van der Waals surface area contributed by atoms with Crippen LogP contribution in [0, 0.1) is 6.92 Å². The molecule has 1 aromatic carbocycles. The minimum atomic E-state index is -1.08. The van der Waals surface area contributed by atoms with E-state index in [4.69, 9.17) is 9.84 Å². The van der Waals surface area contributed by atoms with Gasteiger partial charge in [-0.2, -0.15) is 0 Å². The summed E-state index contributed by atoms with van der Waals surface area (Å²) in [7, 11) is 0. The van der Waals surface area contributed by atoms with E-state index in [1.807, 2.05) is 31.2 Å². The highest BCUT2D eigenvalue weighted by Crippen LogP contribution is 2.26. The third kappa shape index (κ3) is 2.64. The Balaban J connectivity index is 1.97. The van der Waals surface area contributed by atoms with E-state index in [0.717, 1.165) is 11.1 Å². The molecular weight excluding hydrogens is 270 g/mol. The van der Waals surface area contributed by atoms with E-state index in [0.29, 0.717) is 11.3 Å². The van der Waals surface area contributed by atoms with Gasteiger partial charge in [0.2, 0.25) is 0 Å². The molecule has 1 N–H and O–H groups in total. The minimum Gasteiger partial charge on any atom is -0.478 e. The molecule has 3 aromatic rings. The standard InChI is InChI=1S/C15H11N3O3/c1-9-5-6-10-3-2-4-12(13(10)18-9)21-15-16-7-11(8-17-15)14(19)20/h2-8H,1H3,(H,19,20). The number of rotatable bonds is 3. The van der Waals surface area contributed by atoms with Gasteiger partial charge in [-0.15, -0.1) is 0 Å². The van der Waals surface area contributed by atoms with Crippen molar-refractivity contribution in [2.75, 3.05) is 0 Å². The zero-order valence-corrected chi connectivity index (χ0v) is 11.1. The number of para-hydroxylation sites is 1. The van der Waals surface area contributed by atoms with Crippen LogP contribution in [0.2, 0.25) is 0 Å². The zero-order chi connectivity index (χ0) is 14.8. The number of aryl methyl sites for hydroxylation is 1. The van der Waals surface area contributed by atoms with E-state index in [9.17, 15) is 4.79 Å². The summed E-state index contributed by atoms with van der Waals surface area (Å²) in [5.74, 6) is -0.553. The quantitative estimate of drug-likeness (QED) is 0.794. The molecule has 0 atom stereocenters. The number of carbonyl (C=O) groups is 1. The van der Waals surface area contributed by atoms with Gasteiger partial charge in [0.15, 0.2) is 5.75 Å². The van der Waals surface area contributed by atoms with Crippen LogP contribution in [0.5, 0.6) is 11.8 Å². The number of ether oxygens (including phenoxy) is 1. The molecule has 0 saturated carbocycles. The summed E-state index contributed by atoms with van der Waals surface area (Å²) in [5.41, 5.74) is 1.60.